The Morgan fingerprint density at radius 2 is 1.28 bits per heavy atom. The number of rotatable bonds is 6. The summed E-state index contributed by atoms with van der Waals surface area (Å²) in [6.45, 7) is 0. The fraction of sp³-hybridized carbons (Fsp3) is 0.0800. The van der Waals surface area contributed by atoms with Gasteiger partial charge in [-0.25, -0.2) is 0 Å². The maximum absolute atomic E-state index is 11.0. The summed E-state index contributed by atoms with van der Waals surface area (Å²) >= 11 is 0. The quantitative estimate of drug-likeness (QED) is 0.313. The summed E-state index contributed by atoms with van der Waals surface area (Å²) in [4.78, 5) is 0. The smallest absolute Gasteiger partial charge is 0.137 e. The van der Waals surface area contributed by atoms with E-state index < -0.39 is 12.0 Å². The van der Waals surface area contributed by atoms with Crippen LogP contribution >= 0.6 is 0 Å². The number of aliphatic hydroxyl groups excluding tert-OH is 2. The van der Waals surface area contributed by atoms with Gasteiger partial charge < -0.3 is 10.2 Å². The van der Waals surface area contributed by atoms with Gasteiger partial charge in [0.05, 0.1) is 17.6 Å². The van der Waals surface area contributed by atoms with Gasteiger partial charge in [0.25, 0.3) is 0 Å². The van der Waals surface area contributed by atoms with E-state index in [9.17, 15) is 15.5 Å². The summed E-state index contributed by atoms with van der Waals surface area (Å²) in [6, 6.07) is 28.8. The van der Waals surface area contributed by atoms with Gasteiger partial charge in [-0.2, -0.15) is 5.26 Å². The Bertz CT molecular complexity index is 1080. The van der Waals surface area contributed by atoms with Gasteiger partial charge in [-0.1, -0.05) is 91.0 Å². The first kappa shape index (κ1) is 19.9. The predicted octanol–water partition coefficient (Wildman–Crippen LogP) is 5.17. The molecule has 0 heterocycles. The largest absolute Gasteiger partial charge is 0.506 e. The van der Waals surface area contributed by atoms with Crippen molar-refractivity contribution in [2.24, 2.45) is 0 Å². The van der Waals surface area contributed by atoms with Crippen molar-refractivity contribution >= 4 is 11.6 Å². The van der Waals surface area contributed by atoms with E-state index in [4.69, 9.17) is 5.41 Å². The van der Waals surface area contributed by atoms with Gasteiger partial charge in [-0.05, 0) is 17.0 Å². The SMILES string of the molecule is N#C/C(=C(/O)c1ccccc1)C(C(=C=N)C(O)c1ccccc1)c1ccccc1. The highest BCUT2D eigenvalue weighted by Crippen LogP contribution is 2.39. The first-order chi connectivity index (χ1) is 14.2. The number of nitrogens with zero attached hydrogens (tertiary/aromatic N) is 1. The molecule has 0 saturated heterocycles. The Labute approximate surface area is 169 Å². The third-order valence-electron chi connectivity index (χ3n) is 4.71. The van der Waals surface area contributed by atoms with Crippen molar-refractivity contribution in [2.75, 3.05) is 0 Å². The molecule has 0 amide bonds. The van der Waals surface area contributed by atoms with Crippen LogP contribution in [0.2, 0.25) is 0 Å². The van der Waals surface area contributed by atoms with Crippen LogP contribution in [0.25, 0.3) is 5.76 Å². The highest BCUT2D eigenvalue weighted by atomic mass is 16.3. The Hall–Kier alpha value is -3.90. The van der Waals surface area contributed by atoms with E-state index in [2.05, 4.69) is 11.9 Å². The zero-order valence-corrected chi connectivity index (χ0v) is 15.7. The molecule has 3 N–H and O–H groups in total. The van der Waals surface area contributed by atoms with Crippen molar-refractivity contribution in [3.05, 3.63) is 119 Å². The molecule has 0 aliphatic heterocycles. The molecular weight excluding hydrogens is 360 g/mol. The predicted molar refractivity (Wildman–Crippen MR) is 113 cm³/mol. The Balaban J connectivity index is 2.20. The maximum atomic E-state index is 11.0. The summed E-state index contributed by atoms with van der Waals surface area (Å²) in [7, 11) is 0. The average Bonchev–Trinajstić information content (AvgIpc) is 2.80. The number of allylic oxidation sites excluding steroid dienone is 1. The highest BCUT2D eigenvalue weighted by molar-refractivity contribution is 5.73. The number of aliphatic hydroxyl groups is 2. The molecule has 3 aromatic carbocycles. The molecule has 0 spiro atoms. The van der Waals surface area contributed by atoms with E-state index in [0.717, 1.165) is 0 Å². The van der Waals surface area contributed by atoms with E-state index in [-0.39, 0.29) is 16.9 Å². The van der Waals surface area contributed by atoms with Crippen LogP contribution in [-0.2, 0) is 0 Å². The zero-order chi connectivity index (χ0) is 20.6. The molecule has 0 fully saturated rings. The van der Waals surface area contributed by atoms with Gasteiger partial charge in [0.1, 0.15) is 11.9 Å². The Morgan fingerprint density at radius 1 is 0.793 bits per heavy atom. The summed E-state index contributed by atoms with van der Waals surface area (Å²) in [5, 5.41) is 39.7. The standard InChI is InChI=1S/C25H20N2O2/c26-16-21(24(28)19-12-6-2-7-13-19)23(18-10-4-1-5-11-18)22(17-27)25(29)20-14-8-3-9-15-20/h1-15,23-24,26,28-29H/b25-22-. The second kappa shape index (κ2) is 9.34. The molecule has 2 atom stereocenters. The average molecular weight is 380 g/mol. The van der Waals surface area contributed by atoms with Crippen LogP contribution in [0.5, 0.6) is 0 Å². The van der Waals surface area contributed by atoms with E-state index >= 15 is 0 Å². The van der Waals surface area contributed by atoms with E-state index in [1.807, 2.05) is 30.3 Å². The Kier molecular flexibility index (Phi) is 6.40. The van der Waals surface area contributed by atoms with Gasteiger partial charge in [0.2, 0.25) is 0 Å². The molecule has 29 heavy (non-hydrogen) atoms. The molecule has 3 aromatic rings. The molecule has 2 unspecified atom stereocenters. The highest BCUT2D eigenvalue weighted by Gasteiger charge is 2.30. The minimum absolute atomic E-state index is 0.0483. The fourth-order valence-electron chi connectivity index (χ4n) is 3.27. The molecule has 3 rings (SSSR count). The van der Waals surface area contributed by atoms with Gasteiger partial charge in [-0.15, -0.1) is 0 Å². The lowest BCUT2D eigenvalue weighted by Gasteiger charge is -2.23. The van der Waals surface area contributed by atoms with Gasteiger partial charge in [-0.3, -0.25) is 5.41 Å². The molecule has 0 radical (unpaired) electrons. The second-order valence-corrected chi connectivity index (χ2v) is 6.48. The molecular formula is C25H20N2O2. The molecule has 0 aliphatic carbocycles. The lowest BCUT2D eigenvalue weighted by Crippen LogP contribution is -2.15. The van der Waals surface area contributed by atoms with Crippen molar-refractivity contribution in [2.45, 2.75) is 12.0 Å². The van der Waals surface area contributed by atoms with Crippen LogP contribution in [0, 0.1) is 16.7 Å². The van der Waals surface area contributed by atoms with E-state index in [0.29, 0.717) is 16.7 Å². The maximum Gasteiger partial charge on any atom is 0.137 e. The van der Waals surface area contributed by atoms with Crippen LogP contribution in [0.4, 0.5) is 0 Å². The van der Waals surface area contributed by atoms with Gasteiger partial charge in [0.15, 0.2) is 0 Å². The summed E-state index contributed by atoms with van der Waals surface area (Å²) in [5.74, 6) is 1.33. The summed E-state index contributed by atoms with van der Waals surface area (Å²) in [6.07, 6.45) is -1.15. The molecule has 142 valence electrons. The third-order valence-corrected chi connectivity index (χ3v) is 4.71. The Morgan fingerprint density at radius 3 is 1.76 bits per heavy atom. The number of hydrogen-bond acceptors (Lipinski definition) is 4. The van der Waals surface area contributed by atoms with Crippen molar-refractivity contribution in [3.8, 4) is 6.07 Å². The molecule has 4 nitrogen and oxygen atoms in total. The van der Waals surface area contributed by atoms with Gasteiger partial charge in [0, 0.05) is 11.1 Å². The van der Waals surface area contributed by atoms with Crippen LogP contribution < -0.4 is 0 Å². The normalized spacial score (nSPS) is 13.4. The molecule has 0 aromatic heterocycles. The number of hydrogen-bond donors (Lipinski definition) is 3. The summed E-state index contributed by atoms with van der Waals surface area (Å²) in [5.41, 5.74) is 1.98. The first-order valence-electron chi connectivity index (χ1n) is 9.13. The monoisotopic (exact) mass is 380 g/mol. The lowest BCUT2D eigenvalue weighted by molar-refractivity contribution is 0.212. The van der Waals surface area contributed by atoms with Crippen LogP contribution in [0.15, 0.2) is 102 Å². The minimum Gasteiger partial charge on any atom is -0.506 e. The van der Waals surface area contributed by atoms with Crippen molar-refractivity contribution in [1.82, 2.24) is 0 Å². The minimum atomic E-state index is -1.15. The van der Waals surface area contributed by atoms with Crippen molar-refractivity contribution < 1.29 is 10.2 Å². The molecule has 0 saturated carbocycles. The number of nitrogens with one attached hydrogen (secondary N) is 1. The third kappa shape index (κ3) is 4.34. The molecule has 0 aliphatic rings. The topological polar surface area (TPSA) is 88.1 Å². The van der Waals surface area contributed by atoms with E-state index in [1.165, 1.54) is 0 Å². The number of nitriles is 1. The van der Waals surface area contributed by atoms with E-state index in [1.54, 1.807) is 60.7 Å². The first-order valence-corrected chi connectivity index (χ1v) is 9.13. The number of benzene rings is 3. The van der Waals surface area contributed by atoms with Crippen molar-refractivity contribution in [3.63, 3.8) is 0 Å². The van der Waals surface area contributed by atoms with Crippen LogP contribution in [0.1, 0.15) is 28.7 Å². The summed E-state index contributed by atoms with van der Waals surface area (Å²) < 4.78 is 0. The molecule has 0 bridgehead atoms. The lowest BCUT2D eigenvalue weighted by atomic mass is 9.80. The zero-order valence-electron chi connectivity index (χ0n) is 15.7. The van der Waals surface area contributed by atoms with Crippen LogP contribution in [-0.4, -0.2) is 16.1 Å². The fourth-order valence-corrected chi connectivity index (χ4v) is 3.27. The second-order valence-electron chi connectivity index (χ2n) is 6.48. The van der Waals surface area contributed by atoms with Crippen molar-refractivity contribution in [1.29, 1.82) is 10.7 Å². The van der Waals surface area contributed by atoms with Gasteiger partial charge >= 0.3 is 0 Å². The van der Waals surface area contributed by atoms with Crippen LogP contribution in [0.3, 0.4) is 0 Å². The molecule has 4 heteroatoms.